The lowest BCUT2D eigenvalue weighted by molar-refractivity contribution is 0.196. The Bertz CT molecular complexity index is 249. The average molecular weight is 231 g/mol. The third-order valence-electron chi connectivity index (χ3n) is 2.13. The van der Waals surface area contributed by atoms with Crippen LogP contribution in [-0.2, 0) is 0 Å². The Balaban J connectivity index is 2.56. The van der Waals surface area contributed by atoms with Gasteiger partial charge in [0.1, 0.15) is 0 Å². The molecule has 0 spiro atoms. The molecule has 14 heavy (non-hydrogen) atoms. The third kappa shape index (κ3) is 3.28. The summed E-state index contributed by atoms with van der Waals surface area (Å²) >= 11 is 3.47. The Hall–Kier alpha value is -0.0300. The minimum atomic E-state index is -0.283. The zero-order chi connectivity index (χ0) is 10.6. The highest BCUT2D eigenvalue weighted by molar-refractivity contribution is 8.00. The summed E-state index contributed by atoms with van der Waals surface area (Å²) in [5, 5.41) is 12.0. The minimum absolute atomic E-state index is 0.227. The molecular weight excluding hydrogens is 214 g/mol. The summed E-state index contributed by atoms with van der Waals surface area (Å²) in [6.45, 7) is 4.48. The van der Waals surface area contributed by atoms with Gasteiger partial charge in [0.25, 0.3) is 0 Å². The number of thioether (sulfide) groups is 1. The predicted octanol–water partition coefficient (Wildman–Crippen LogP) is 2.25. The topological polar surface area (TPSA) is 46.2 Å². The zero-order valence-corrected chi connectivity index (χ0v) is 10.1. The van der Waals surface area contributed by atoms with Crippen molar-refractivity contribution in [2.24, 2.45) is 5.73 Å². The molecule has 3 atom stereocenters. The van der Waals surface area contributed by atoms with Crippen molar-refractivity contribution in [3.63, 3.8) is 0 Å². The lowest BCUT2D eigenvalue weighted by atomic mass is 10.3. The van der Waals surface area contributed by atoms with Gasteiger partial charge in [0.05, 0.1) is 11.4 Å². The molecule has 0 radical (unpaired) electrons. The van der Waals surface area contributed by atoms with Crippen molar-refractivity contribution in [2.45, 2.75) is 30.5 Å². The number of nitrogens with two attached hydrogens (primary N) is 1. The maximum absolute atomic E-state index is 9.40. The van der Waals surface area contributed by atoms with Crippen LogP contribution in [0.4, 0.5) is 0 Å². The molecule has 1 rings (SSSR count). The first-order chi connectivity index (χ1) is 6.65. The summed E-state index contributed by atoms with van der Waals surface area (Å²) < 4.78 is 0. The highest BCUT2D eigenvalue weighted by Gasteiger charge is 2.18. The standard InChI is InChI=1S/C10H17NOS2/c1-7(12)8(2)14-10(6-11)9-4-3-5-13-9/h3-5,7-8,10,12H,6,11H2,1-2H3. The van der Waals surface area contributed by atoms with E-state index in [1.165, 1.54) is 4.88 Å². The van der Waals surface area contributed by atoms with Gasteiger partial charge in [0.2, 0.25) is 0 Å². The SMILES string of the molecule is CC(O)C(C)SC(CN)c1cccs1. The summed E-state index contributed by atoms with van der Waals surface area (Å²) in [5.74, 6) is 0. The highest BCUT2D eigenvalue weighted by atomic mass is 32.2. The van der Waals surface area contributed by atoms with E-state index in [1.807, 2.05) is 19.9 Å². The highest BCUT2D eigenvalue weighted by Crippen LogP contribution is 2.34. The van der Waals surface area contributed by atoms with Gasteiger partial charge < -0.3 is 10.8 Å². The Morgan fingerprint density at radius 3 is 2.71 bits per heavy atom. The molecule has 1 heterocycles. The molecule has 0 aliphatic rings. The fourth-order valence-electron chi connectivity index (χ4n) is 1.09. The van der Waals surface area contributed by atoms with Crippen molar-refractivity contribution in [1.82, 2.24) is 0 Å². The molecule has 80 valence electrons. The molecule has 0 saturated carbocycles. The number of aliphatic hydroxyl groups excluding tert-OH is 1. The van der Waals surface area contributed by atoms with Crippen LogP contribution in [-0.4, -0.2) is 23.0 Å². The van der Waals surface area contributed by atoms with E-state index >= 15 is 0 Å². The van der Waals surface area contributed by atoms with Crippen LogP contribution in [0.3, 0.4) is 0 Å². The lowest BCUT2D eigenvalue weighted by Gasteiger charge is -2.20. The number of hydrogen-bond acceptors (Lipinski definition) is 4. The van der Waals surface area contributed by atoms with E-state index in [4.69, 9.17) is 5.73 Å². The van der Waals surface area contributed by atoms with Crippen LogP contribution in [0, 0.1) is 0 Å². The fourth-order valence-corrected chi connectivity index (χ4v) is 3.21. The minimum Gasteiger partial charge on any atom is -0.392 e. The maximum Gasteiger partial charge on any atom is 0.0628 e. The predicted molar refractivity (Wildman–Crippen MR) is 64.8 cm³/mol. The quantitative estimate of drug-likeness (QED) is 0.817. The average Bonchev–Trinajstić information content (AvgIpc) is 2.66. The molecule has 3 N–H and O–H groups in total. The van der Waals surface area contributed by atoms with Gasteiger partial charge >= 0.3 is 0 Å². The molecule has 0 amide bonds. The van der Waals surface area contributed by atoms with Crippen LogP contribution in [0.2, 0.25) is 0 Å². The Morgan fingerprint density at radius 1 is 1.57 bits per heavy atom. The second-order valence-corrected chi connectivity index (χ2v) is 5.89. The second kappa shape index (κ2) is 5.75. The Morgan fingerprint density at radius 2 is 2.29 bits per heavy atom. The van der Waals surface area contributed by atoms with E-state index in [2.05, 4.69) is 11.4 Å². The summed E-state index contributed by atoms with van der Waals surface area (Å²) in [5.41, 5.74) is 5.72. The summed E-state index contributed by atoms with van der Waals surface area (Å²) in [4.78, 5) is 1.30. The molecule has 0 aliphatic carbocycles. The molecule has 0 saturated heterocycles. The van der Waals surface area contributed by atoms with Crippen molar-refractivity contribution in [1.29, 1.82) is 0 Å². The summed E-state index contributed by atoms with van der Waals surface area (Å²) in [6, 6.07) is 4.14. The van der Waals surface area contributed by atoms with E-state index < -0.39 is 0 Å². The van der Waals surface area contributed by atoms with E-state index in [0.29, 0.717) is 11.8 Å². The number of hydrogen-bond donors (Lipinski definition) is 2. The maximum atomic E-state index is 9.40. The Labute approximate surface area is 93.5 Å². The van der Waals surface area contributed by atoms with Crippen molar-refractivity contribution >= 4 is 23.1 Å². The number of thiophene rings is 1. The van der Waals surface area contributed by atoms with Crippen LogP contribution in [0.15, 0.2) is 17.5 Å². The fraction of sp³-hybridized carbons (Fsp3) is 0.600. The first-order valence-electron chi connectivity index (χ1n) is 4.72. The monoisotopic (exact) mass is 231 g/mol. The number of rotatable bonds is 5. The first kappa shape index (κ1) is 12.0. The molecule has 0 bridgehead atoms. The van der Waals surface area contributed by atoms with Crippen molar-refractivity contribution in [3.05, 3.63) is 22.4 Å². The van der Waals surface area contributed by atoms with E-state index in [1.54, 1.807) is 23.1 Å². The van der Waals surface area contributed by atoms with E-state index in [-0.39, 0.29) is 11.4 Å². The van der Waals surface area contributed by atoms with Crippen LogP contribution in [0.25, 0.3) is 0 Å². The molecule has 0 aliphatic heterocycles. The molecule has 3 unspecified atom stereocenters. The Kier molecular flexibility index (Phi) is 4.95. The summed E-state index contributed by atoms with van der Waals surface area (Å²) in [7, 11) is 0. The molecule has 0 fully saturated rings. The molecule has 2 nitrogen and oxygen atoms in total. The largest absolute Gasteiger partial charge is 0.392 e. The summed E-state index contributed by atoms with van der Waals surface area (Å²) in [6.07, 6.45) is -0.283. The van der Waals surface area contributed by atoms with Crippen LogP contribution >= 0.6 is 23.1 Å². The lowest BCUT2D eigenvalue weighted by Crippen LogP contribution is -2.19. The second-order valence-electron chi connectivity index (χ2n) is 3.32. The van der Waals surface area contributed by atoms with Crippen molar-refractivity contribution in [3.8, 4) is 0 Å². The van der Waals surface area contributed by atoms with Crippen LogP contribution in [0.1, 0.15) is 24.0 Å². The van der Waals surface area contributed by atoms with Gasteiger partial charge in [-0.2, -0.15) is 0 Å². The van der Waals surface area contributed by atoms with Gasteiger partial charge in [0, 0.05) is 16.7 Å². The van der Waals surface area contributed by atoms with Crippen molar-refractivity contribution < 1.29 is 5.11 Å². The molecule has 1 aromatic heterocycles. The zero-order valence-electron chi connectivity index (χ0n) is 8.51. The van der Waals surface area contributed by atoms with E-state index in [0.717, 1.165) is 0 Å². The normalized spacial score (nSPS) is 17.7. The van der Waals surface area contributed by atoms with E-state index in [9.17, 15) is 5.11 Å². The molecule has 1 aromatic rings. The van der Waals surface area contributed by atoms with Gasteiger partial charge in [-0.05, 0) is 18.4 Å². The van der Waals surface area contributed by atoms with Gasteiger partial charge in [-0.1, -0.05) is 13.0 Å². The van der Waals surface area contributed by atoms with Gasteiger partial charge in [-0.15, -0.1) is 23.1 Å². The van der Waals surface area contributed by atoms with Gasteiger partial charge in [-0.3, -0.25) is 0 Å². The van der Waals surface area contributed by atoms with Gasteiger partial charge in [0.15, 0.2) is 0 Å². The first-order valence-corrected chi connectivity index (χ1v) is 6.54. The van der Waals surface area contributed by atoms with Crippen LogP contribution < -0.4 is 5.73 Å². The molecule has 4 heteroatoms. The smallest absolute Gasteiger partial charge is 0.0628 e. The number of aliphatic hydroxyl groups is 1. The third-order valence-corrected chi connectivity index (χ3v) is 4.87. The van der Waals surface area contributed by atoms with Gasteiger partial charge in [-0.25, -0.2) is 0 Å². The van der Waals surface area contributed by atoms with Crippen LogP contribution in [0.5, 0.6) is 0 Å². The van der Waals surface area contributed by atoms with Crippen molar-refractivity contribution in [2.75, 3.05) is 6.54 Å². The molecular formula is C10H17NOS2. The molecule has 0 aromatic carbocycles.